The van der Waals surface area contributed by atoms with E-state index in [0.29, 0.717) is 28.8 Å². The van der Waals surface area contributed by atoms with Gasteiger partial charge in [0.15, 0.2) is 0 Å². The fraction of sp³-hybridized carbons (Fsp3) is 0.621. The molecule has 3 saturated heterocycles. The van der Waals surface area contributed by atoms with Crippen molar-refractivity contribution >= 4 is 46.6 Å². The normalized spacial score (nSPS) is 32.5. The van der Waals surface area contributed by atoms with Crippen molar-refractivity contribution in [3.05, 3.63) is 40.4 Å². The second kappa shape index (κ2) is 11.0. The van der Waals surface area contributed by atoms with Gasteiger partial charge in [-0.3, -0.25) is 14.4 Å². The molecule has 8 nitrogen and oxygen atoms in total. The Labute approximate surface area is 239 Å². The quantitative estimate of drug-likeness (QED) is 0.480. The van der Waals surface area contributed by atoms with Crippen molar-refractivity contribution in [3.8, 4) is 0 Å². The molecular formula is C29H36Cl2N4O4. The molecule has 5 aliphatic rings. The SMILES string of the molecule is O=C(Nc1ccc(Cl)c(Cl)c1)[C@H]1[C@@H]2C=C[C@]3(O2)[C@@H]1C(=O)N(CCN1CCCCC1)[C@@H]3C(=O)NC1CCCCC1. The first-order chi connectivity index (χ1) is 18.9. The number of fused-ring (bicyclic) bond motifs is 1. The zero-order valence-electron chi connectivity index (χ0n) is 22.0. The number of likely N-dealkylation sites (tertiary alicyclic amines) is 2. The Morgan fingerprint density at radius 2 is 1.72 bits per heavy atom. The first-order valence-electron chi connectivity index (χ1n) is 14.3. The van der Waals surface area contributed by atoms with Crippen LogP contribution in [-0.4, -0.2) is 77.5 Å². The average Bonchev–Trinajstić information content (AvgIpc) is 3.58. The second-order valence-corrected chi connectivity index (χ2v) is 12.4. The van der Waals surface area contributed by atoms with Gasteiger partial charge in [-0.1, -0.05) is 61.0 Å². The molecule has 2 N–H and O–H groups in total. The molecule has 1 aromatic rings. The van der Waals surface area contributed by atoms with Gasteiger partial charge < -0.3 is 25.2 Å². The lowest BCUT2D eigenvalue weighted by atomic mass is 9.74. The number of rotatable bonds is 7. The maximum atomic E-state index is 14.1. The summed E-state index contributed by atoms with van der Waals surface area (Å²) in [7, 11) is 0. The predicted octanol–water partition coefficient (Wildman–Crippen LogP) is 4.02. The van der Waals surface area contributed by atoms with Crippen molar-refractivity contribution in [1.29, 1.82) is 0 Å². The van der Waals surface area contributed by atoms with Gasteiger partial charge in [-0.2, -0.15) is 0 Å². The van der Waals surface area contributed by atoms with Crippen LogP contribution in [0.25, 0.3) is 0 Å². The van der Waals surface area contributed by atoms with Crippen molar-refractivity contribution in [2.24, 2.45) is 11.8 Å². The lowest BCUT2D eigenvalue weighted by Crippen LogP contribution is -2.57. The number of carbonyl (C=O) groups is 3. The van der Waals surface area contributed by atoms with Crippen molar-refractivity contribution in [3.63, 3.8) is 0 Å². The van der Waals surface area contributed by atoms with Crippen molar-refractivity contribution in [2.45, 2.75) is 75.2 Å². The largest absolute Gasteiger partial charge is 0.359 e. The molecule has 1 spiro atoms. The number of anilines is 1. The van der Waals surface area contributed by atoms with E-state index in [4.69, 9.17) is 27.9 Å². The molecular weight excluding hydrogens is 539 g/mol. The highest BCUT2D eigenvalue weighted by molar-refractivity contribution is 6.42. The number of nitrogens with zero attached hydrogens (tertiary/aromatic N) is 2. The average molecular weight is 576 g/mol. The molecule has 4 fully saturated rings. The molecule has 210 valence electrons. The molecule has 2 bridgehead atoms. The van der Waals surface area contributed by atoms with E-state index >= 15 is 0 Å². The number of amides is 3. The van der Waals surface area contributed by atoms with Gasteiger partial charge in [-0.05, 0) is 57.0 Å². The van der Waals surface area contributed by atoms with Crippen LogP contribution in [0, 0.1) is 11.8 Å². The van der Waals surface area contributed by atoms with Gasteiger partial charge in [0.05, 0.1) is 28.0 Å². The Balaban J connectivity index is 1.26. The minimum atomic E-state index is -1.15. The van der Waals surface area contributed by atoms with Gasteiger partial charge in [-0.15, -0.1) is 0 Å². The number of ether oxygens (including phenoxy) is 1. The number of carbonyl (C=O) groups excluding carboxylic acids is 3. The Kier molecular flexibility index (Phi) is 7.66. The predicted molar refractivity (Wildman–Crippen MR) is 150 cm³/mol. The van der Waals surface area contributed by atoms with Crippen LogP contribution in [-0.2, 0) is 19.1 Å². The van der Waals surface area contributed by atoms with E-state index in [-0.39, 0.29) is 23.8 Å². The number of benzene rings is 1. The summed E-state index contributed by atoms with van der Waals surface area (Å²) >= 11 is 12.2. The van der Waals surface area contributed by atoms with Crippen LogP contribution in [0.5, 0.6) is 0 Å². The van der Waals surface area contributed by atoms with Gasteiger partial charge in [-0.25, -0.2) is 0 Å². The summed E-state index contributed by atoms with van der Waals surface area (Å²) in [4.78, 5) is 45.7. The standard InChI is InChI=1S/C29H36Cl2N4O4/c30-20-10-9-19(17-21(20)31)33-26(36)23-22-11-12-29(39-22)24(23)28(38)35(16-15-34-13-5-2-6-14-34)25(29)27(37)32-18-7-3-1-4-8-18/h9-12,17-18,22-25H,1-8,13-16H2,(H,32,37)(H,33,36)/t22-,23-,24-,25+,29-/m0/s1. The molecule has 0 aromatic heterocycles. The van der Waals surface area contributed by atoms with Crippen molar-refractivity contribution in [2.75, 3.05) is 31.5 Å². The number of nitrogens with one attached hydrogen (secondary N) is 2. The zero-order valence-corrected chi connectivity index (χ0v) is 23.6. The van der Waals surface area contributed by atoms with Gasteiger partial charge in [0.2, 0.25) is 17.7 Å². The van der Waals surface area contributed by atoms with Gasteiger partial charge >= 0.3 is 0 Å². The Morgan fingerprint density at radius 3 is 2.46 bits per heavy atom. The summed E-state index contributed by atoms with van der Waals surface area (Å²) in [5.41, 5.74) is -0.656. The fourth-order valence-corrected chi connectivity index (χ4v) is 7.56. The van der Waals surface area contributed by atoms with E-state index in [1.807, 2.05) is 12.2 Å². The molecule has 39 heavy (non-hydrogen) atoms. The number of piperidine rings is 1. The molecule has 3 amide bonds. The van der Waals surface area contributed by atoms with E-state index in [1.54, 1.807) is 23.1 Å². The van der Waals surface area contributed by atoms with E-state index in [2.05, 4.69) is 15.5 Å². The first kappa shape index (κ1) is 27.1. The van der Waals surface area contributed by atoms with Crippen molar-refractivity contribution in [1.82, 2.24) is 15.1 Å². The van der Waals surface area contributed by atoms with Crippen LogP contribution < -0.4 is 10.6 Å². The zero-order chi connectivity index (χ0) is 27.1. The highest BCUT2D eigenvalue weighted by Crippen LogP contribution is 2.55. The summed E-state index contributed by atoms with van der Waals surface area (Å²) in [6, 6.07) is 4.19. The lowest BCUT2D eigenvalue weighted by Gasteiger charge is -2.35. The maximum Gasteiger partial charge on any atom is 0.246 e. The Bertz CT molecular complexity index is 1170. The Morgan fingerprint density at radius 1 is 0.974 bits per heavy atom. The molecule has 10 heteroatoms. The number of halogens is 2. The van der Waals surface area contributed by atoms with E-state index in [9.17, 15) is 14.4 Å². The van der Waals surface area contributed by atoms with Gasteiger partial charge in [0.25, 0.3) is 0 Å². The smallest absolute Gasteiger partial charge is 0.246 e. The van der Waals surface area contributed by atoms with Crippen LogP contribution in [0.15, 0.2) is 30.4 Å². The van der Waals surface area contributed by atoms with Crippen LogP contribution in [0.3, 0.4) is 0 Å². The fourth-order valence-electron chi connectivity index (χ4n) is 7.27. The van der Waals surface area contributed by atoms with Crippen LogP contribution >= 0.6 is 23.2 Å². The van der Waals surface area contributed by atoms with E-state index < -0.39 is 29.6 Å². The monoisotopic (exact) mass is 574 g/mol. The maximum absolute atomic E-state index is 14.1. The molecule has 5 atom stereocenters. The summed E-state index contributed by atoms with van der Waals surface area (Å²) in [5, 5.41) is 6.87. The summed E-state index contributed by atoms with van der Waals surface area (Å²) in [6.45, 7) is 3.14. The molecule has 4 aliphatic heterocycles. The number of hydrogen-bond donors (Lipinski definition) is 2. The topological polar surface area (TPSA) is 91.0 Å². The molecule has 1 saturated carbocycles. The summed E-state index contributed by atoms with van der Waals surface area (Å²) in [5.74, 6) is -2.20. The third-order valence-corrected chi connectivity index (χ3v) is 9.91. The van der Waals surface area contributed by atoms with Crippen LogP contribution in [0.1, 0.15) is 51.4 Å². The summed E-state index contributed by atoms with van der Waals surface area (Å²) in [6.07, 6.45) is 11.9. The van der Waals surface area contributed by atoms with Gasteiger partial charge in [0.1, 0.15) is 11.6 Å². The van der Waals surface area contributed by atoms with E-state index in [1.165, 1.54) is 12.8 Å². The van der Waals surface area contributed by atoms with E-state index in [0.717, 1.165) is 51.6 Å². The molecule has 1 aliphatic carbocycles. The molecule has 4 heterocycles. The Hall–Kier alpha value is -2.13. The summed E-state index contributed by atoms with van der Waals surface area (Å²) < 4.78 is 6.46. The van der Waals surface area contributed by atoms with Crippen LogP contribution in [0.2, 0.25) is 10.0 Å². The van der Waals surface area contributed by atoms with Gasteiger partial charge in [0, 0.05) is 24.8 Å². The molecule has 0 unspecified atom stereocenters. The first-order valence-corrected chi connectivity index (χ1v) is 15.1. The lowest BCUT2D eigenvalue weighted by molar-refractivity contribution is -0.141. The van der Waals surface area contributed by atoms with Crippen molar-refractivity contribution < 1.29 is 19.1 Å². The second-order valence-electron chi connectivity index (χ2n) is 11.6. The molecule has 6 rings (SSSR count). The third kappa shape index (κ3) is 4.98. The number of hydrogen-bond acceptors (Lipinski definition) is 5. The van der Waals surface area contributed by atoms with Crippen LogP contribution in [0.4, 0.5) is 5.69 Å². The highest BCUT2D eigenvalue weighted by Gasteiger charge is 2.72. The minimum absolute atomic E-state index is 0.108. The minimum Gasteiger partial charge on any atom is -0.359 e. The molecule has 1 aromatic carbocycles. The third-order valence-electron chi connectivity index (χ3n) is 9.17. The molecule has 0 radical (unpaired) electrons. The highest BCUT2D eigenvalue weighted by atomic mass is 35.5.